The highest BCUT2D eigenvalue weighted by Gasteiger charge is 2.23. The zero-order chi connectivity index (χ0) is 17.6. The largest absolute Gasteiger partial charge is 0.481 e. The lowest BCUT2D eigenvalue weighted by Gasteiger charge is -2.29. The molecule has 6 heteroatoms. The number of carboxylic acids is 1. The van der Waals surface area contributed by atoms with Crippen molar-refractivity contribution in [3.05, 3.63) is 59.4 Å². The van der Waals surface area contributed by atoms with E-state index < -0.39 is 5.97 Å². The maximum absolute atomic E-state index is 12.9. The minimum atomic E-state index is -0.793. The Labute approximate surface area is 151 Å². The summed E-state index contributed by atoms with van der Waals surface area (Å²) >= 11 is 1.52. The Hall–Kier alpha value is -2.34. The highest BCUT2D eigenvalue weighted by atomic mass is 32.2. The first-order chi connectivity index (χ1) is 12.1. The van der Waals surface area contributed by atoms with Crippen LogP contribution in [0.15, 0.2) is 47.6 Å². The first-order valence-corrected chi connectivity index (χ1v) is 9.28. The van der Waals surface area contributed by atoms with Crippen LogP contribution < -0.4 is 0 Å². The zero-order valence-electron chi connectivity index (χ0n) is 13.9. The van der Waals surface area contributed by atoms with E-state index in [1.54, 1.807) is 12.4 Å². The van der Waals surface area contributed by atoms with E-state index in [0.29, 0.717) is 30.8 Å². The molecular formula is C19H20N2O3S. The monoisotopic (exact) mass is 356 g/mol. The van der Waals surface area contributed by atoms with Crippen LogP contribution in [0, 0.1) is 0 Å². The van der Waals surface area contributed by atoms with E-state index in [4.69, 9.17) is 5.11 Å². The standard InChI is InChI=1S/C19H20N2O3S/c22-18(23)6-3-11-25-17-7-9-20-12-16(17)19(24)21-10-8-14-4-1-2-5-15(14)13-21/h1-2,4-5,7,9,12H,3,6,8,10-11,13H2,(H,22,23). The van der Waals surface area contributed by atoms with Gasteiger partial charge in [0.15, 0.2) is 0 Å². The summed E-state index contributed by atoms with van der Waals surface area (Å²) in [5.74, 6) is -0.138. The lowest BCUT2D eigenvalue weighted by molar-refractivity contribution is -0.137. The Morgan fingerprint density at radius 3 is 2.80 bits per heavy atom. The minimum Gasteiger partial charge on any atom is -0.481 e. The van der Waals surface area contributed by atoms with Crippen LogP contribution >= 0.6 is 11.8 Å². The lowest BCUT2D eigenvalue weighted by atomic mass is 9.99. The van der Waals surface area contributed by atoms with Crippen LogP contribution in [-0.4, -0.2) is 39.2 Å². The average Bonchev–Trinajstić information content (AvgIpc) is 2.64. The number of aliphatic carboxylic acids is 1. The maximum Gasteiger partial charge on any atom is 0.303 e. The third-order valence-electron chi connectivity index (χ3n) is 4.22. The number of fused-ring (bicyclic) bond motifs is 1. The Balaban J connectivity index is 1.69. The van der Waals surface area contributed by atoms with Crippen LogP contribution in [0.5, 0.6) is 0 Å². The molecule has 5 nitrogen and oxygen atoms in total. The van der Waals surface area contributed by atoms with E-state index in [1.807, 2.05) is 23.1 Å². The molecule has 1 aromatic heterocycles. The van der Waals surface area contributed by atoms with E-state index in [-0.39, 0.29) is 12.3 Å². The summed E-state index contributed by atoms with van der Waals surface area (Å²) in [7, 11) is 0. The van der Waals surface area contributed by atoms with E-state index in [2.05, 4.69) is 17.1 Å². The average molecular weight is 356 g/mol. The van der Waals surface area contributed by atoms with Crippen molar-refractivity contribution in [3.8, 4) is 0 Å². The summed E-state index contributed by atoms with van der Waals surface area (Å²) in [6, 6.07) is 10.0. The molecule has 0 aliphatic carbocycles. The Morgan fingerprint density at radius 2 is 2.00 bits per heavy atom. The summed E-state index contributed by atoms with van der Waals surface area (Å²) in [4.78, 5) is 30.4. The van der Waals surface area contributed by atoms with Gasteiger partial charge in [0.05, 0.1) is 5.56 Å². The van der Waals surface area contributed by atoms with Crippen LogP contribution in [0.3, 0.4) is 0 Å². The summed E-state index contributed by atoms with van der Waals surface area (Å²) in [6.45, 7) is 1.32. The van der Waals surface area contributed by atoms with Gasteiger partial charge in [-0.3, -0.25) is 14.6 Å². The van der Waals surface area contributed by atoms with Gasteiger partial charge < -0.3 is 10.0 Å². The Bertz CT molecular complexity index is 779. The van der Waals surface area contributed by atoms with Crippen molar-refractivity contribution in [2.24, 2.45) is 0 Å². The van der Waals surface area contributed by atoms with Crippen molar-refractivity contribution in [2.45, 2.75) is 30.7 Å². The normalized spacial score (nSPS) is 13.4. The number of pyridine rings is 1. The van der Waals surface area contributed by atoms with Crippen LogP contribution in [0.4, 0.5) is 0 Å². The number of benzene rings is 1. The van der Waals surface area contributed by atoms with Gasteiger partial charge >= 0.3 is 5.97 Å². The second-order valence-electron chi connectivity index (χ2n) is 5.96. The highest BCUT2D eigenvalue weighted by Crippen LogP contribution is 2.26. The number of thioether (sulfide) groups is 1. The number of hydrogen-bond donors (Lipinski definition) is 1. The molecule has 1 aliphatic heterocycles. The molecule has 130 valence electrons. The van der Waals surface area contributed by atoms with Crippen molar-refractivity contribution in [1.82, 2.24) is 9.88 Å². The van der Waals surface area contributed by atoms with E-state index in [9.17, 15) is 9.59 Å². The molecular weight excluding hydrogens is 336 g/mol. The summed E-state index contributed by atoms with van der Waals surface area (Å²) < 4.78 is 0. The predicted molar refractivity (Wildman–Crippen MR) is 96.7 cm³/mol. The van der Waals surface area contributed by atoms with E-state index in [0.717, 1.165) is 11.3 Å². The summed E-state index contributed by atoms with van der Waals surface area (Å²) in [6.07, 6.45) is 4.87. The number of carboxylic acid groups (broad SMARTS) is 1. The smallest absolute Gasteiger partial charge is 0.303 e. The molecule has 1 N–H and O–H groups in total. The van der Waals surface area contributed by atoms with Gasteiger partial charge in [-0.2, -0.15) is 0 Å². The van der Waals surface area contributed by atoms with Crippen LogP contribution in [0.2, 0.25) is 0 Å². The number of nitrogens with zero attached hydrogens (tertiary/aromatic N) is 2. The molecule has 0 atom stereocenters. The highest BCUT2D eigenvalue weighted by molar-refractivity contribution is 7.99. The quantitative estimate of drug-likeness (QED) is 0.635. The number of aromatic nitrogens is 1. The van der Waals surface area contributed by atoms with Crippen molar-refractivity contribution < 1.29 is 14.7 Å². The van der Waals surface area contributed by atoms with Crippen molar-refractivity contribution >= 4 is 23.6 Å². The summed E-state index contributed by atoms with van der Waals surface area (Å²) in [5.41, 5.74) is 3.10. The molecule has 0 spiro atoms. The SMILES string of the molecule is O=C(O)CCCSc1ccncc1C(=O)N1CCc2ccccc2C1. The van der Waals surface area contributed by atoms with Crippen molar-refractivity contribution in [1.29, 1.82) is 0 Å². The molecule has 3 rings (SSSR count). The Kier molecular flexibility index (Phi) is 5.71. The van der Waals surface area contributed by atoms with Crippen molar-refractivity contribution in [3.63, 3.8) is 0 Å². The number of rotatable bonds is 6. The number of amides is 1. The molecule has 0 fully saturated rings. The van der Waals surface area contributed by atoms with Gasteiger partial charge in [-0.1, -0.05) is 24.3 Å². The van der Waals surface area contributed by atoms with Gasteiger partial charge in [-0.25, -0.2) is 0 Å². The van der Waals surface area contributed by atoms with Crippen molar-refractivity contribution in [2.75, 3.05) is 12.3 Å². The zero-order valence-corrected chi connectivity index (χ0v) is 14.7. The fourth-order valence-electron chi connectivity index (χ4n) is 2.91. The van der Waals surface area contributed by atoms with Gasteiger partial charge in [0.1, 0.15) is 0 Å². The molecule has 1 aliphatic rings. The molecule has 0 bridgehead atoms. The third-order valence-corrected chi connectivity index (χ3v) is 5.38. The van der Waals surface area contributed by atoms with E-state index in [1.165, 1.54) is 22.9 Å². The van der Waals surface area contributed by atoms with Crippen LogP contribution in [0.25, 0.3) is 0 Å². The first kappa shape index (κ1) is 17.5. The minimum absolute atomic E-state index is 0.0108. The Morgan fingerprint density at radius 1 is 1.20 bits per heavy atom. The van der Waals surface area contributed by atoms with E-state index >= 15 is 0 Å². The van der Waals surface area contributed by atoms with Crippen LogP contribution in [-0.2, 0) is 17.8 Å². The fraction of sp³-hybridized carbons (Fsp3) is 0.316. The molecule has 0 unspecified atom stereocenters. The fourth-order valence-corrected chi connectivity index (χ4v) is 3.87. The second kappa shape index (κ2) is 8.16. The number of carbonyl (C=O) groups is 2. The predicted octanol–water partition coefficient (Wildman–Crippen LogP) is 3.24. The van der Waals surface area contributed by atoms with Gasteiger partial charge in [-0.05, 0) is 35.8 Å². The molecule has 2 heterocycles. The van der Waals surface area contributed by atoms with Crippen LogP contribution in [0.1, 0.15) is 34.3 Å². The number of carbonyl (C=O) groups excluding carboxylic acids is 1. The molecule has 0 saturated carbocycles. The molecule has 1 aromatic carbocycles. The van der Waals surface area contributed by atoms with Gasteiger partial charge in [0, 0.05) is 36.8 Å². The summed E-state index contributed by atoms with van der Waals surface area (Å²) in [5, 5.41) is 8.72. The topological polar surface area (TPSA) is 70.5 Å². The lowest BCUT2D eigenvalue weighted by Crippen LogP contribution is -2.36. The maximum atomic E-state index is 12.9. The van der Waals surface area contributed by atoms with Gasteiger partial charge in [0.25, 0.3) is 5.91 Å². The first-order valence-electron chi connectivity index (χ1n) is 8.30. The second-order valence-corrected chi connectivity index (χ2v) is 7.10. The van der Waals surface area contributed by atoms with Gasteiger partial charge in [0.2, 0.25) is 0 Å². The molecule has 25 heavy (non-hydrogen) atoms. The molecule has 1 amide bonds. The molecule has 2 aromatic rings. The molecule has 0 radical (unpaired) electrons. The third kappa shape index (κ3) is 4.39. The van der Waals surface area contributed by atoms with Gasteiger partial charge in [-0.15, -0.1) is 11.8 Å². The number of hydrogen-bond acceptors (Lipinski definition) is 4. The molecule has 0 saturated heterocycles.